The minimum absolute atomic E-state index is 0.0759. The summed E-state index contributed by atoms with van der Waals surface area (Å²) in [6.45, 7) is 7.82. The van der Waals surface area contributed by atoms with Gasteiger partial charge in [0.1, 0.15) is 11.8 Å². The van der Waals surface area contributed by atoms with Gasteiger partial charge in [0.2, 0.25) is 5.91 Å². The Hall–Kier alpha value is -1.98. The highest BCUT2D eigenvalue weighted by molar-refractivity contribution is 5.87. The van der Waals surface area contributed by atoms with E-state index in [0.717, 1.165) is 43.7 Å². The summed E-state index contributed by atoms with van der Waals surface area (Å²) < 4.78 is 5.23. The third kappa shape index (κ3) is 4.50. The van der Waals surface area contributed by atoms with Crippen molar-refractivity contribution >= 4 is 11.9 Å². The Kier molecular flexibility index (Phi) is 6.07. The third-order valence-electron chi connectivity index (χ3n) is 4.59. The van der Waals surface area contributed by atoms with E-state index in [1.54, 1.807) is 11.2 Å². The Bertz CT molecular complexity index is 535. The highest BCUT2D eigenvalue weighted by Crippen LogP contribution is 2.13. The number of hydrogen-bond donors (Lipinski definition) is 2. The van der Waals surface area contributed by atoms with Gasteiger partial charge in [-0.15, -0.1) is 0 Å². The molecule has 0 radical (unpaired) electrons. The molecule has 128 valence electrons. The lowest BCUT2D eigenvalue weighted by Gasteiger charge is -2.26. The summed E-state index contributed by atoms with van der Waals surface area (Å²) in [6.07, 6.45) is 4.50. The Morgan fingerprint density at radius 3 is 2.61 bits per heavy atom. The summed E-state index contributed by atoms with van der Waals surface area (Å²) in [7, 11) is 0. The molecule has 0 aromatic carbocycles. The van der Waals surface area contributed by atoms with E-state index in [0.29, 0.717) is 6.54 Å². The summed E-state index contributed by atoms with van der Waals surface area (Å²) in [4.78, 5) is 26.6. The van der Waals surface area contributed by atoms with Gasteiger partial charge in [-0.3, -0.25) is 4.79 Å². The van der Waals surface area contributed by atoms with Crippen LogP contribution in [0.25, 0.3) is 0 Å². The number of urea groups is 1. The minimum Gasteiger partial charge on any atom is -0.469 e. The molecule has 1 aromatic rings. The molecule has 6 heteroatoms. The molecule has 1 aliphatic heterocycles. The average Bonchev–Trinajstić information content (AvgIpc) is 3.21. The van der Waals surface area contributed by atoms with Crippen molar-refractivity contribution in [1.29, 1.82) is 0 Å². The van der Waals surface area contributed by atoms with Crippen LogP contribution in [-0.4, -0.2) is 36.0 Å². The van der Waals surface area contributed by atoms with Crippen LogP contribution in [0.4, 0.5) is 4.79 Å². The average molecular weight is 321 g/mol. The summed E-state index contributed by atoms with van der Waals surface area (Å²) >= 11 is 0. The number of likely N-dealkylation sites (tertiary alicyclic amines) is 1. The second-order valence-electron chi connectivity index (χ2n) is 6.23. The van der Waals surface area contributed by atoms with Crippen LogP contribution in [0.2, 0.25) is 0 Å². The predicted octanol–water partition coefficient (Wildman–Crippen LogP) is 2.42. The van der Waals surface area contributed by atoms with E-state index in [4.69, 9.17) is 4.42 Å². The zero-order valence-corrected chi connectivity index (χ0v) is 14.2. The van der Waals surface area contributed by atoms with E-state index in [2.05, 4.69) is 10.6 Å². The van der Waals surface area contributed by atoms with Gasteiger partial charge in [-0.05, 0) is 31.7 Å². The van der Waals surface area contributed by atoms with E-state index >= 15 is 0 Å². The van der Waals surface area contributed by atoms with E-state index in [9.17, 15) is 9.59 Å². The number of furan rings is 1. The van der Waals surface area contributed by atoms with Gasteiger partial charge in [-0.2, -0.15) is 0 Å². The molecule has 0 aliphatic carbocycles. The molecule has 2 rings (SSSR count). The van der Waals surface area contributed by atoms with Crippen molar-refractivity contribution in [2.24, 2.45) is 5.92 Å². The molecule has 1 saturated heterocycles. The highest BCUT2D eigenvalue weighted by Gasteiger charge is 2.28. The van der Waals surface area contributed by atoms with Crippen molar-refractivity contribution in [3.63, 3.8) is 0 Å². The lowest BCUT2D eigenvalue weighted by atomic mass is 9.98. The summed E-state index contributed by atoms with van der Waals surface area (Å²) in [6, 6.07) is 1.19. The van der Waals surface area contributed by atoms with Crippen LogP contribution in [-0.2, 0) is 11.3 Å². The maximum absolute atomic E-state index is 12.5. The summed E-state index contributed by atoms with van der Waals surface area (Å²) in [5, 5.41) is 5.81. The molecule has 2 N–H and O–H groups in total. The first-order valence-electron chi connectivity index (χ1n) is 8.39. The Morgan fingerprint density at radius 2 is 2.04 bits per heavy atom. The number of nitrogens with one attached hydrogen (secondary N) is 2. The monoisotopic (exact) mass is 321 g/mol. The molecule has 0 spiro atoms. The minimum atomic E-state index is -0.514. The quantitative estimate of drug-likeness (QED) is 0.845. The van der Waals surface area contributed by atoms with Crippen LogP contribution >= 0.6 is 0 Å². The largest absolute Gasteiger partial charge is 0.469 e. The van der Waals surface area contributed by atoms with Crippen LogP contribution in [0.15, 0.2) is 16.7 Å². The summed E-state index contributed by atoms with van der Waals surface area (Å²) in [5.74, 6) is 0.728. The van der Waals surface area contributed by atoms with Crippen LogP contribution < -0.4 is 10.6 Å². The maximum atomic E-state index is 12.5. The van der Waals surface area contributed by atoms with Crippen LogP contribution in [0.3, 0.4) is 0 Å². The molecule has 1 aromatic heterocycles. The van der Waals surface area contributed by atoms with E-state index in [1.165, 1.54) is 0 Å². The second-order valence-corrected chi connectivity index (χ2v) is 6.23. The third-order valence-corrected chi connectivity index (χ3v) is 4.59. The summed E-state index contributed by atoms with van der Waals surface area (Å²) in [5.41, 5.74) is 0.951. The first-order valence-corrected chi connectivity index (χ1v) is 8.39. The van der Waals surface area contributed by atoms with E-state index in [1.807, 2.05) is 26.8 Å². The molecular formula is C17H27N3O3. The number of amides is 3. The van der Waals surface area contributed by atoms with Gasteiger partial charge in [0, 0.05) is 25.2 Å². The van der Waals surface area contributed by atoms with Gasteiger partial charge in [-0.1, -0.05) is 20.3 Å². The van der Waals surface area contributed by atoms with Gasteiger partial charge in [0.25, 0.3) is 0 Å². The fourth-order valence-corrected chi connectivity index (χ4v) is 2.73. The molecule has 3 amide bonds. The van der Waals surface area contributed by atoms with Gasteiger partial charge in [-0.25, -0.2) is 4.79 Å². The predicted molar refractivity (Wildman–Crippen MR) is 87.9 cm³/mol. The molecule has 2 atom stereocenters. The molecule has 1 unspecified atom stereocenters. The number of carbonyl (C=O) groups excluding carboxylic acids is 2. The number of hydrogen-bond acceptors (Lipinski definition) is 3. The number of carbonyl (C=O) groups is 2. The SMILES string of the molecule is CCC(C)[C@H](NC(=O)N1CCCC1)C(=O)NCc1ccoc1C. The van der Waals surface area contributed by atoms with Crippen molar-refractivity contribution in [2.45, 2.75) is 52.6 Å². The van der Waals surface area contributed by atoms with Crippen molar-refractivity contribution in [2.75, 3.05) is 13.1 Å². The zero-order chi connectivity index (χ0) is 16.8. The van der Waals surface area contributed by atoms with Crippen molar-refractivity contribution in [1.82, 2.24) is 15.5 Å². The lowest BCUT2D eigenvalue weighted by molar-refractivity contribution is -0.124. The molecule has 1 aliphatic rings. The fourth-order valence-electron chi connectivity index (χ4n) is 2.73. The van der Waals surface area contributed by atoms with Gasteiger partial charge < -0.3 is 20.0 Å². The Balaban J connectivity index is 1.94. The van der Waals surface area contributed by atoms with Crippen molar-refractivity contribution in [3.05, 3.63) is 23.7 Å². The first kappa shape index (κ1) is 17.4. The maximum Gasteiger partial charge on any atom is 0.318 e. The molecule has 0 bridgehead atoms. The van der Waals surface area contributed by atoms with Crippen LogP contribution in [0.5, 0.6) is 0 Å². The van der Waals surface area contributed by atoms with Crippen LogP contribution in [0, 0.1) is 12.8 Å². The molecule has 6 nitrogen and oxygen atoms in total. The standard InChI is InChI=1S/C17H27N3O3/c1-4-12(2)15(19-17(22)20-8-5-6-9-20)16(21)18-11-14-7-10-23-13(14)3/h7,10,12,15H,4-6,8-9,11H2,1-3H3,(H,18,21)(H,19,22)/t12?,15-/m0/s1. The fraction of sp³-hybridized carbons (Fsp3) is 0.647. The van der Waals surface area contributed by atoms with Crippen molar-refractivity contribution in [3.8, 4) is 0 Å². The lowest BCUT2D eigenvalue weighted by Crippen LogP contribution is -2.53. The molecule has 0 saturated carbocycles. The molecule has 2 heterocycles. The first-order chi connectivity index (χ1) is 11.0. The second kappa shape index (κ2) is 8.04. The molecule has 1 fully saturated rings. The van der Waals surface area contributed by atoms with Gasteiger partial charge >= 0.3 is 6.03 Å². The highest BCUT2D eigenvalue weighted by atomic mass is 16.3. The van der Waals surface area contributed by atoms with Gasteiger partial charge in [0.05, 0.1) is 6.26 Å². The van der Waals surface area contributed by atoms with E-state index < -0.39 is 6.04 Å². The van der Waals surface area contributed by atoms with Gasteiger partial charge in [0.15, 0.2) is 0 Å². The number of nitrogens with zero attached hydrogens (tertiary/aromatic N) is 1. The van der Waals surface area contributed by atoms with E-state index in [-0.39, 0.29) is 17.9 Å². The smallest absolute Gasteiger partial charge is 0.318 e. The Morgan fingerprint density at radius 1 is 1.35 bits per heavy atom. The topological polar surface area (TPSA) is 74.6 Å². The Labute approximate surface area is 137 Å². The van der Waals surface area contributed by atoms with Crippen LogP contribution in [0.1, 0.15) is 44.4 Å². The number of aryl methyl sites for hydroxylation is 1. The number of rotatable bonds is 6. The zero-order valence-electron chi connectivity index (χ0n) is 14.2. The molecular weight excluding hydrogens is 294 g/mol. The normalized spacial score (nSPS) is 16.9. The molecule has 23 heavy (non-hydrogen) atoms. The van der Waals surface area contributed by atoms with Crippen molar-refractivity contribution < 1.29 is 14.0 Å².